The molecule has 0 aliphatic carbocycles. The third-order valence-electron chi connectivity index (χ3n) is 4.05. The molecule has 6 heteroatoms. The summed E-state index contributed by atoms with van der Waals surface area (Å²) >= 11 is 0. The standard InChI is InChI=1S/C19H21N3O3/c1-22-12-11-20-19(22)18(15-7-3-4-8-16(15)24-2)21-17(23)10-9-14-6-5-13-25-14/h3-8,11-13,18H,9-10H2,1-2H3,(H,21,23)/t18-/m0/s1. The molecule has 0 bridgehead atoms. The first-order chi connectivity index (χ1) is 12.2. The quantitative estimate of drug-likeness (QED) is 0.719. The first-order valence-electron chi connectivity index (χ1n) is 8.11. The van der Waals surface area contributed by atoms with E-state index in [4.69, 9.17) is 9.15 Å². The molecule has 1 amide bonds. The molecule has 0 spiro atoms. The van der Waals surface area contributed by atoms with E-state index in [9.17, 15) is 4.79 Å². The summed E-state index contributed by atoms with van der Waals surface area (Å²) in [6.07, 6.45) is 6.07. The van der Waals surface area contributed by atoms with Crippen LogP contribution in [0.5, 0.6) is 5.75 Å². The van der Waals surface area contributed by atoms with Crippen LogP contribution in [0.15, 0.2) is 59.5 Å². The van der Waals surface area contributed by atoms with Crippen molar-refractivity contribution in [1.29, 1.82) is 0 Å². The van der Waals surface area contributed by atoms with Crippen LogP contribution in [0, 0.1) is 0 Å². The zero-order valence-corrected chi connectivity index (χ0v) is 14.3. The van der Waals surface area contributed by atoms with E-state index in [1.165, 1.54) is 0 Å². The normalized spacial score (nSPS) is 11.9. The molecule has 0 saturated heterocycles. The van der Waals surface area contributed by atoms with Gasteiger partial charge >= 0.3 is 0 Å². The highest BCUT2D eigenvalue weighted by molar-refractivity contribution is 5.77. The molecule has 0 aliphatic heterocycles. The number of para-hydroxylation sites is 1. The number of rotatable bonds is 7. The van der Waals surface area contributed by atoms with Gasteiger partial charge in [-0.3, -0.25) is 4.79 Å². The van der Waals surface area contributed by atoms with Crippen molar-refractivity contribution in [1.82, 2.24) is 14.9 Å². The number of aryl methyl sites for hydroxylation is 2. The van der Waals surface area contributed by atoms with E-state index in [1.54, 1.807) is 19.6 Å². The Balaban J connectivity index is 1.82. The largest absolute Gasteiger partial charge is 0.496 e. The molecular weight excluding hydrogens is 318 g/mol. The fourth-order valence-electron chi connectivity index (χ4n) is 2.77. The molecule has 3 aromatic rings. The number of furan rings is 1. The minimum absolute atomic E-state index is 0.0738. The second-order valence-corrected chi connectivity index (χ2v) is 5.72. The number of imidazole rings is 1. The maximum Gasteiger partial charge on any atom is 0.221 e. The average Bonchev–Trinajstić information content (AvgIpc) is 3.29. The second-order valence-electron chi connectivity index (χ2n) is 5.72. The number of aromatic nitrogens is 2. The van der Waals surface area contributed by atoms with Crippen LogP contribution in [0.1, 0.15) is 29.6 Å². The van der Waals surface area contributed by atoms with Crippen LogP contribution in [0.3, 0.4) is 0 Å². The van der Waals surface area contributed by atoms with Gasteiger partial charge in [-0.05, 0) is 18.2 Å². The van der Waals surface area contributed by atoms with Crippen LogP contribution in [0.25, 0.3) is 0 Å². The lowest BCUT2D eigenvalue weighted by atomic mass is 10.0. The topological polar surface area (TPSA) is 69.3 Å². The van der Waals surface area contributed by atoms with Crippen molar-refractivity contribution in [2.24, 2.45) is 7.05 Å². The minimum Gasteiger partial charge on any atom is -0.496 e. The van der Waals surface area contributed by atoms with Gasteiger partial charge < -0.3 is 19.0 Å². The number of hydrogen-bond acceptors (Lipinski definition) is 4. The molecule has 0 aliphatic rings. The van der Waals surface area contributed by atoms with E-state index in [0.29, 0.717) is 18.6 Å². The highest BCUT2D eigenvalue weighted by Crippen LogP contribution is 2.29. The van der Waals surface area contributed by atoms with Gasteiger partial charge in [0, 0.05) is 37.8 Å². The van der Waals surface area contributed by atoms with Gasteiger partial charge in [0.1, 0.15) is 23.4 Å². The Morgan fingerprint density at radius 1 is 1.32 bits per heavy atom. The molecule has 0 unspecified atom stereocenters. The van der Waals surface area contributed by atoms with Gasteiger partial charge in [0.2, 0.25) is 5.91 Å². The fraction of sp³-hybridized carbons (Fsp3) is 0.263. The summed E-state index contributed by atoms with van der Waals surface area (Å²) in [5.41, 5.74) is 0.866. The zero-order chi connectivity index (χ0) is 17.6. The molecular formula is C19H21N3O3. The van der Waals surface area contributed by atoms with Crippen LogP contribution >= 0.6 is 0 Å². The summed E-state index contributed by atoms with van der Waals surface area (Å²) in [7, 11) is 3.52. The number of nitrogens with zero attached hydrogens (tertiary/aromatic N) is 2. The Hall–Kier alpha value is -3.02. The molecule has 6 nitrogen and oxygen atoms in total. The number of amides is 1. The number of hydrogen-bond donors (Lipinski definition) is 1. The first kappa shape index (κ1) is 16.8. The van der Waals surface area contributed by atoms with Gasteiger partial charge in [-0.15, -0.1) is 0 Å². The molecule has 0 fully saturated rings. The number of nitrogens with one attached hydrogen (secondary N) is 1. The molecule has 0 saturated carbocycles. The lowest BCUT2D eigenvalue weighted by Crippen LogP contribution is -2.31. The van der Waals surface area contributed by atoms with E-state index in [2.05, 4.69) is 10.3 Å². The minimum atomic E-state index is -0.389. The maximum atomic E-state index is 12.5. The van der Waals surface area contributed by atoms with Crippen molar-refractivity contribution >= 4 is 5.91 Å². The summed E-state index contributed by atoms with van der Waals surface area (Å²) < 4.78 is 12.6. The smallest absolute Gasteiger partial charge is 0.221 e. The van der Waals surface area contributed by atoms with Crippen LogP contribution in [0.4, 0.5) is 0 Å². The van der Waals surface area contributed by atoms with Crippen molar-refractivity contribution < 1.29 is 13.9 Å². The second kappa shape index (κ2) is 7.70. The number of ether oxygens (including phenoxy) is 1. The van der Waals surface area contributed by atoms with Gasteiger partial charge in [0.25, 0.3) is 0 Å². The Kier molecular flexibility index (Phi) is 5.18. The van der Waals surface area contributed by atoms with Crippen molar-refractivity contribution in [3.63, 3.8) is 0 Å². The van der Waals surface area contributed by atoms with Crippen molar-refractivity contribution in [3.05, 3.63) is 72.2 Å². The first-order valence-corrected chi connectivity index (χ1v) is 8.11. The summed E-state index contributed by atoms with van der Waals surface area (Å²) in [5.74, 6) is 2.17. The number of carbonyl (C=O) groups is 1. The molecule has 25 heavy (non-hydrogen) atoms. The van der Waals surface area contributed by atoms with Crippen LogP contribution in [0.2, 0.25) is 0 Å². The van der Waals surface area contributed by atoms with Crippen LogP contribution in [-0.4, -0.2) is 22.6 Å². The third-order valence-corrected chi connectivity index (χ3v) is 4.05. The van der Waals surface area contributed by atoms with E-state index in [0.717, 1.165) is 17.1 Å². The summed E-state index contributed by atoms with van der Waals surface area (Å²) in [6.45, 7) is 0. The summed E-state index contributed by atoms with van der Waals surface area (Å²) in [5, 5.41) is 3.07. The average molecular weight is 339 g/mol. The van der Waals surface area contributed by atoms with Gasteiger partial charge in [-0.25, -0.2) is 4.98 Å². The lowest BCUT2D eigenvalue weighted by Gasteiger charge is -2.21. The molecule has 0 radical (unpaired) electrons. The Labute approximate surface area is 146 Å². The van der Waals surface area contributed by atoms with E-state index >= 15 is 0 Å². The van der Waals surface area contributed by atoms with E-state index < -0.39 is 0 Å². The molecule has 3 rings (SSSR count). The van der Waals surface area contributed by atoms with E-state index in [-0.39, 0.29) is 11.9 Å². The summed E-state index contributed by atoms with van der Waals surface area (Å²) in [4.78, 5) is 16.9. The molecule has 1 N–H and O–H groups in total. The predicted octanol–water partition coefficient (Wildman–Crippen LogP) is 2.86. The number of benzene rings is 1. The molecule has 1 atom stereocenters. The van der Waals surface area contributed by atoms with Gasteiger partial charge in [0.05, 0.1) is 13.4 Å². The van der Waals surface area contributed by atoms with Gasteiger partial charge in [-0.1, -0.05) is 18.2 Å². The summed E-state index contributed by atoms with van der Waals surface area (Å²) in [6, 6.07) is 10.9. The lowest BCUT2D eigenvalue weighted by molar-refractivity contribution is -0.121. The Morgan fingerprint density at radius 2 is 2.16 bits per heavy atom. The molecule has 2 heterocycles. The fourth-order valence-corrected chi connectivity index (χ4v) is 2.77. The van der Waals surface area contributed by atoms with E-state index in [1.807, 2.05) is 54.2 Å². The van der Waals surface area contributed by atoms with Crippen molar-refractivity contribution in [3.8, 4) is 5.75 Å². The van der Waals surface area contributed by atoms with Crippen LogP contribution in [-0.2, 0) is 18.3 Å². The maximum absolute atomic E-state index is 12.5. The van der Waals surface area contributed by atoms with Crippen molar-refractivity contribution in [2.45, 2.75) is 18.9 Å². The monoisotopic (exact) mass is 339 g/mol. The van der Waals surface area contributed by atoms with Gasteiger partial charge in [-0.2, -0.15) is 0 Å². The highest BCUT2D eigenvalue weighted by atomic mass is 16.5. The number of carbonyl (C=O) groups excluding carboxylic acids is 1. The van der Waals surface area contributed by atoms with Crippen LogP contribution < -0.4 is 10.1 Å². The zero-order valence-electron chi connectivity index (χ0n) is 14.3. The predicted molar refractivity (Wildman–Crippen MR) is 93.2 cm³/mol. The molecule has 2 aromatic heterocycles. The Morgan fingerprint density at radius 3 is 2.84 bits per heavy atom. The molecule has 1 aromatic carbocycles. The Bertz CT molecular complexity index is 824. The van der Waals surface area contributed by atoms with Gasteiger partial charge in [0.15, 0.2) is 0 Å². The SMILES string of the molecule is COc1ccccc1[C@H](NC(=O)CCc1ccco1)c1nccn1C. The highest BCUT2D eigenvalue weighted by Gasteiger charge is 2.23. The van der Waals surface area contributed by atoms with Crippen molar-refractivity contribution in [2.75, 3.05) is 7.11 Å². The third kappa shape index (κ3) is 3.91. The number of methoxy groups -OCH3 is 1. The molecule has 130 valence electrons.